The van der Waals surface area contributed by atoms with E-state index in [0.29, 0.717) is 24.7 Å². The molecule has 9 heteroatoms. The molecule has 1 unspecified atom stereocenters. The molecule has 1 aromatic carbocycles. The topological polar surface area (TPSA) is 117 Å². The van der Waals surface area contributed by atoms with Gasteiger partial charge in [-0.3, -0.25) is 0 Å². The number of hydrogen-bond donors (Lipinski definition) is 4. The molecule has 4 N–H and O–H groups in total. The molecular weight excluding hydrogens is 444 g/mol. The molecule has 0 saturated carbocycles. The second-order valence-corrected chi connectivity index (χ2v) is 8.76. The third kappa shape index (κ3) is 5.27. The molecule has 1 aliphatic rings. The maximum atomic E-state index is 9.98. The Labute approximate surface area is 203 Å². The molecule has 3 aromatic heterocycles. The number of aromatic amines is 1. The van der Waals surface area contributed by atoms with Crippen LogP contribution in [-0.4, -0.2) is 70.6 Å². The molecule has 1 saturated heterocycles. The zero-order valence-corrected chi connectivity index (χ0v) is 19.9. The highest BCUT2D eigenvalue weighted by Gasteiger charge is 2.20. The molecule has 0 aliphatic carbocycles. The summed E-state index contributed by atoms with van der Waals surface area (Å²) in [6.45, 7) is 4.09. The van der Waals surface area contributed by atoms with Gasteiger partial charge >= 0.3 is 0 Å². The third-order valence-corrected chi connectivity index (χ3v) is 6.06. The SMILES string of the molecule is CNCC(O)COc1cccc(-c2nc(N[C@@H]3CCOC3)c(C)c(-c3cnc4[nH]ccc4c3)n2)c1. The van der Waals surface area contributed by atoms with Gasteiger partial charge in [-0.25, -0.2) is 15.0 Å². The molecule has 1 fully saturated rings. The van der Waals surface area contributed by atoms with E-state index in [1.807, 2.05) is 49.6 Å². The number of rotatable bonds is 9. The lowest BCUT2D eigenvalue weighted by molar-refractivity contribution is 0.108. The molecule has 9 nitrogen and oxygen atoms in total. The van der Waals surface area contributed by atoms with Crippen LogP contribution >= 0.6 is 0 Å². The number of aliphatic hydroxyl groups excluding tert-OH is 1. The predicted molar refractivity (Wildman–Crippen MR) is 136 cm³/mol. The Hall–Kier alpha value is -3.53. The van der Waals surface area contributed by atoms with Crippen LogP contribution in [0.1, 0.15) is 12.0 Å². The smallest absolute Gasteiger partial charge is 0.162 e. The number of likely N-dealkylation sites (N-methyl/N-ethyl adjacent to an activating group) is 1. The van der Waals surface area contributed by atoms with E-state index in [1.165, 1.54) is 0 Å². The largest absolute Gasteiger partial charge is 0.491 e. The van der Waals surface area contributed by atoms with Gasteiger partial charge in [0.15, 0.2) is 5.82 Å². The first-order valence-electron chi connectivity index (χ1n) is 11.8. The Morgan fingerprint density at radius 1 is 1.23 bits per heavy atom. The van der Waals surface area contributed by atoms with Gasteiger partial charge in [0, 0.05) is 47.6 Å². The first-order chi connectivity index (χ1) is 17.1. The monoisotopic (exact) mass is 474 g/mol. The van der Waals surface area contributed by atoms with Crippen molar-refractivity contribution in [3.63, 3.8) is 0 Å². The molecular formula is C26H30N6O3. The molecule has 0 amide bonds. The fraction of sp³-hybridized carbons (Fsp3) is 0.346. The number of aromatic nitrogens is 4. The number of pyridine rings is 1. The van der Waals surface area contributed by atoms with E-state index in [1.54, 1.807) is 7.05 Å². The number of nitrogens with zero attached hydrogens (tertiary/aromatic N) is 3. The summed E-state index contributed by atoms with van der Waals surface area (Å²) in [5.41, 5.74) is 4.37. The van der Waals surface area contributed by atoms with Crippen molar-refractivity contribution >= 4 is 16.9 Å². The highest BCUT2D eigenvalue weighted by Crippen LogP contribution is 2.32. The standard InChI is InChI=1S/C26H30N6O3/c1-16-23(19-10-18-6-8-28-25(18)29-12-19)31-26(32-24(16)30-20-7-9-34-14-20)17-4-3-5-22(11-17)35-15-21(33)13-27-2/h3-6,8,10-12,20-21,27,33H,7,9,13-15H2,1-2H3,(H,28,29)(H,30,31,32)/t20-,21?/m1/s1. The molecule has 2 atom stereocenters. The number of aliphatic hydroxyl groups is 1. The molecule has 4 aromatic rings. The van der Waals surface area contributed by atoms with Crippen molar-refractivity contribution in [1.29, 1.82) is 0 Å². The number of H-pyrrole nitrogens is 1. The third-order valence-electron chi connectivity index (χ3n) is 6.06. The van der Waals surface area contributed by atoms with E-state index in [9.17, 15) is 5.11 Å². The van der Waals surface area contributed by atoms with E-state index in [4.69, 9.17) is 19.4 Å². The van der Waals surface area contributed by atoms with Gasteiger partial charge in [0.1, 0.15) is 29.9 Å². The summed E-state index contributed by atoms with van der Waals surface area (Å²) >= 11 is 0. The Morgan fingerprint density at radius 2 is 2.14 bits per heavy atom. The summed E-state index contributed by atoms with van der Waals surface area (Å²) in [6.07, 6.45) is 4.06. The second-order valence-electron chi connectivity index (χ2n) is 8.76. The molecule has 182 valence electrons. The van der Waals surface area contributed by atoms with E-state index < -0.39 is 6.10 Å². The number of ether oxygens (including phenoxy) is 2. The Morgan fingerprint density at radius 3 is 2.97 bits per heavy atom. The molecule has 0 bridgehead atoms. The number of fused-ring (bicyclic) bond motifs is 1. The number of hydrogen-bond acceptors (Lipinski definition) is 8. The van der Waals surface area contributed by atoms with Crippen LogP contribution in [0.5, 0.6) is 5.75 Å². The molecule has 0 spiro atoms. The van der Waals surface area contributed by atoms with E-state index >= 15 is 0 Å². The van der Waals surface area contributed by atoms with Gasteiger partial charge in [0.2, 0.25) is 0 Å². The van der Waals surface area contributed by atoms with Crippen molar-refractivity contribution < 1.29 is 14.6 Å². The van der Waals surface area contributed by atoms with Gasteiger partial charge in [0.05, 0.1) is 18.3 Å². The van der Waals surface area contributed by atoms with Gasteiger partial charge in [-0.1, -0.05) is 12.1 Å². The van der Waals surface area contributed by atoms with Crippen LogP contribution in [0.15, 0.2) is 48.8 Å². The first kappa shape index (κ1) is 23.2. The van der Waals surface area contributed by atoms with E-state index in [-0.39, 0.29) is 12.6 Å². The van der Waals surface area contributed by atoms with Crippen LogP contribution in [-0.2, 0) is 4.74 Å². The fourth-order valence-corrected chi connectivity index (χ4v) is 4.19. The van der Waals surface area contributed by atoms with E-state index in [0.717, 1.165) is 52.3 Å². The first-order valence-corrected chi connectivity index (χ1v) is 11.8. The average molecular weight is 475 g/mol. The number of anilines is 1. The van der Waals surface area contributed by atoms with E-state index in [2.05, 4.69) is 26.7 Å². The van der Waals surface area contributed by atoms with Gasteiger partial charge in [-0.2, -0.15) is 0 Å². The van der Waals surface area contributed by atoms with Crippen molar-refractivity contribution in [2.75, 3.05) is 38.7 Å². The average Bonchev–Trinajstić information content (AvgIpc) is 3.56. The molecule has 0 radical (unpaired) electrons. The maximum absolute atomic E-state index is 9.98. The minimum absolute atomic E-state index is 0.196. The van der Waals surface area contributed by atoms with Crippen molar-refractivity contribution in [1.82, 2.24) is 25.3 Å². The second kappa shape index (κ2) is 10.4. The van der Waals surface area contributed by atoms with Gasteiger partial charge in [-0.05, 0) is 44.7 Å². The highest BCUT2D eigenvalue weighted by atomic mass is 16.5. The van der Waals surface area contributed by atoms with Crippen molar-refractivity contribution in [2.45, 2.75) is 25.5 Å². The van der Waals surface area contributed by atoms with Crippen LogP contribution in [0.3, 0.4) is 0 Å². The molecule has 35 heavy (non-hydrogen) atoms. The quantitative estimate of drug-likeness (QED) is 0.292. The fourth-order valence-electron chi connectivity index (χ4n) is 4.19. The van der Waals surface area contributed by atoms with Crippen LogP contribution in [0.4, 0.5) is 5.82 Å². The minimum atomic E-state index is -0.592. The van der Waals surface area contributed by atoms with Crippen molar-refractivity contribution in [3.8, 4) is 28.4 Å². The molecule has 4 heterocycles. The minimum Gasteiger partial charge on any atom is -0.491 e. The van der Waals surface area contributed by atoms with Gasteiger partial charge in [0.25, 0.3) is 0 Å². The summed E-state index contributed by atoms with van der Waals surface area (Å²) in [5, 5.41) is 17.5. The Balaban J connectivity index is 1.52. The maximum Gasteiger partial charge on any atom is 0.162 e. The summed E-state index contributed by atoms with van der Waals surface area (Å²) in [4.78, 5) is 17.5. The lowest BCUT2D eigenvalue weighted by atomic mass is 10.1. The lowest BCUT2D eigenvalue weighted by Gasteiger charge is -2.18. The zero-order chi connectivity index (χ0) is 24.2. The van der Waals surface area contributed by atoms with Gasteiger partial charge < -0.3 is 30.2 Å². The predicted octanol–water partition coefficient (Wildman–Crippen LogP) is 3.16. The summed E-state index contributed by atoms with van der Waals surface area (Å²) in [5.74, 6) is 2.02. The number of nitrogens with one attached hydrogen (secondary N) is 3. The summed E-state index contributed by atoms with van der Waals surface area (Å²) in [7, 11) is 1.79. The Kier molecular flexibility index (Phi) is 6.89. The van der Waals surface area contributed by atoms with Crippen LogP contribution in [0.25, 0.3) is 33.7 Å². The van der Waals surface area contributed by atoms with Crippen molar-refractivity contribution in [3.05, 3.63) is 54.4 Å². The van der Waals surface area contributed by atoms with Crippen LogP contribution < -0.4 is 15.4 Å². The molecule has 1 aliphatic heterocycles. The van der Waals surface area contributed by atoms with Crippen molar-refractivity contribution in [2.24, 2.45) is 0 Å². The number of benzene rings is 1. The van der Waals surface area contributed by atoms with Crippen LogP contribution in [0, 0.1) is 6.92 Å². The normalized spacial score (nSPS) is 16.5. The lowest BCUT2D eigenvalue weighted by Crippen LogP contribution is -2.29. The zero-order valence-electron chi connectivity index (χ0n) is 19.9. The Bertz CT molecular complexity index is 1300. The summed E-state index contributed by atoms with van der Waals surface area (Å²) < 4.78 is 11.4. The van der Waals surface area contributed by atoms with Gasteiger partial charge in [-0.15, -0.1) is 0 Å². The molecule has 5 rings (SSSR count). The summed E-state index contributed by atoms with van der Waals surface area (Å²) in [6, 6.07) is 11.9. The highest BCUT2D eigenvalue weighted by molar-refractivity contribution is 5.82. The van der Waals surface area contributed by atoms with Crippen LogP contribution in [0.2, 0.25) is 0 Å².